The molecule has 11 heteroatoms. The molecule has 1 aromatic carbocycles. The summed E-state index contributed by atoms with van der Waals surface area (Å²) in [6.07, 6.45) is 2.42. The van der Waals surface area contributed by atoms with E-state index in [4.69, 9.17) is 21.3 Å². The fourth-order valence-corrected chi connectivity index (χ4v) is 5.40. The number of nitrogens with zero attached hydrogens (tertiary/aromatic N) is 5. The van der Waals surface area contributed by atoms with Crippen LogP contribution in [0.1, 0.15) is 68.2 Å². The van der Waals surface area contributed by atoms with Crippen molar-refractivity contribution in [3.05, 3.63) is 39.9 Å². The Balaban J connectivity index is 1.69. The van der Waals surface area contributed by atoms with Crippen molar-refractivity contribution in [2.45, 2.75) is 104 Å². The lowest BCUT2D eigenvalue weighted by molar-refractivity contribution is -0.133. The molecular weight excluding hydrogens is 532 g/mol. The van der Waals surface area contributed by atoms with Gasteiger partial charge in [-0.3, -0.25) is 9.13 Å². The van der Waals surface area contributed by atoms with E-state index in [0.29, 0.717) is 61.5 Å². The van der Waals surface area contributed by atoms with E-state index in [-0.39, 0.29) is 16.9 Å². The Morgan fingerprint density at radius 1 is 0.975 bits per heavy atom. The quantitative estimate of drug-likeness (QED) is 0.336. The molecule has 1 aliphatic rings. The summed E-state index contributed by atoms with van der Waals surface area (Å²) >= 11 is 6.52. The number of aliphatic hydroxyl groups is 2. The molecule has 1 aliphatic heterocycles. The van der Waals surface area contributed by atoms with E-state index in [9.17, 15) is 15.0 Å². The van der Waals surface area contributed by atoms with Crippen LogP contribution in [0.5, 0.6) is 0 Å². The van der Waals surface area contributed by atoms with Gasteiger partial charge in [0.1, 0.15) is 5.02 Å². The Bertz CT molecular complexity index is 1420. The zero-order chi connectivity index (χ0) is 29.7. The Hall–Kier alpha value is -2.66. The van der Waals surface area contributed by atoms with Crippen LogP contribution in [0.3, 0.4) is 0 Å². The molecule has 3 heterocycles. The molecule has 0 unspecified atom stereocenters. The number of aromatic nitrogens is 4. The molecular formula is C29H43ClN6O4. The standard InChI is InChI=1S/C29H43ClN6O4/c1-26(2,38)11-13-35-21-10-9-19(15-22(21)36(25(35)37)14-12-27(3,4)39)32-23-20(30)16-31-24(33-23)34-17-28(5,6)40-29(7,8)18-34/h9-10,15-16,38-39H,11-14,17-18H2,1-8H3,(H,31,32,33). The SMILES string of the molecule is CC(C)(O)CCn1c(=O)n(CCC(C)(C)O)c2cc(Nc3nc(N4CC(C)(C)OC(C)(C)C4)ncc3Cl)ccc21. The Labute approximate surface area is 240 Å². The summed E-state index contributed by atoms with van der Waals surface area (Å²) in [7, 11) is 0. The highest BCUT2D eigenvalue weighted by Crippen LogP contribution is 2.32. The van der Waals surface area contributed by atoms with E-state index in [1.807, 2.05) is 18.2 Å². The van der Waals surface area contributed by atoms with Gasteiger partial charge in [-0.05, 0) is 86.4 Å². The van der Waals surface area contributed by atoms with E-state index < -0.39 is 11.2 Å². The number of morpholine rings is 1. The van der Waals surface area contributed by atoms with Crippen molar-refractivity contribution in [2.75, 3.05) is 23.3 Å². The number of anilines is 3. The number of imidazole rings is 1. The number of fused-ring (bicyclic) bond motifs is 1. The molecule has 10 nitrogen and oxygen atoms in total. The van der Waals surface area contributed by atoms with Crippen molar-refractivity contribution in [1.29, 1.82) is 0 Å². The third-order valence-corrected chi connectivity index (χ3v) is 7.16. The van der Waals surface area contributed by atoms with Crippen LogP contribution >= 0.6 is 11.6 Å². The lowest BCUT2D eigenvalue weighted by atomic mass is 9.99. The predicted octanol–water partition coefficient (Wildman–Crippen LogP) is 4.71. The number of hydrogen-bond donors (Lipinski definition) is 3. The van der Waals surface area contributed by atoms with Crippen LogP contribution in [0.15, 0.2) is 29.2 Å². The Morgan fingerprint density at radius 2 is 1.52 bits per heavy atom. The van der Waals surface area contributed by atoms with Gasteiger partial charge in [0.05, 0.1) is 39.6 Å². The minimum atomic E-state index is -0.926. The van der Waals surface area contributed by atoms with Gasteiger partial charge in [0, 0.05) is 31.9 Å². The van der Waals surface area contributed by atoms with Crippen molar-refractivity contribution in [1.82, 2.24) is 19.1 Å². The first kappa shape index (κ1) is 30.3. The maximum Gasteiger partial charge on any atom is 0.329 e. The van der Waals surface area contributed by atoms with Crippen LogP contribution in [-0.4, -0.2) is 64.8 Å². The molecule has 3 aromatic rings. The van der Waals surface area contributed by atoms with Gasteiger partial charge in [-0.2, -0.15) is 4.98 Å². The summed E-state index contributed by atoms with van der Waals surface area (Å²) in [5.41, 5.74) is -0.568. The molecule has 0 spiro atoms. The zero-order valence-corrected chi connectivity index (χ0v) is 25.6. The highest BCUT2D eigenvalue weighted by atomic mass is 35.5. The molecule has 1 saturated heterocycles. The van der Waals surface area contributed by atoms with Gasteiger partial charge >= 0.3 is 5.69 Å². The molecule has 0 radical (unpaired) electrons. The molecule has 40 heavy (non-hydrogen) atoms. The van der Waals surface area contributed by atoms with Crippen molar-refractivity contribution in [2.24, 2.45) is 0 Å². The average Bonchev–Trinajstić information content (AvgIpc) is 3.04. The molecule has 1 fully saturated rings. The van der Waals surface area contributed by atoms with Crippen LogP contribution in [0, 0.1) is 0 Å². The highest BCUT2D eigenvalue weighted by Gasteiger charge is 2.39. The third-order valence-electron chi connectivity index (χ3n) is 6.89. The Morgan fingerprint density at radius 3 is 2.08 bits per heavy atom. The first-order chi connectivity index (χ1) is 18.3. The van der Waals surface area contributed by atoms with Gasteiger partial charge in [0.15, 0.2) is 5.82 Å². The largest absolute Gasteiger partial charge is 0.390 e. The van der Waals surface area contributed by atoms with Crippen LogP contribution in [0.25, 0.3) is 11.0 Å². The monoisotopic (exact) mass is 574 g/mol. The maximum atomic E-state index is 13.5. The second kappa shape index (κ2) is 10.6. The number of aryl methyl sites for hydroxylation is 2. The lowest BCUT2D eigenvalue weighted by Gasteiger charge is -2.47. The normalized spacial score (nSPS) is 17.4. The predicted molar refractivity (Wildman–Crippen MR) is 160 cm³/mol. The van der Waals surface area contributed by atoms with Gasteiger partial charge in [0.2, 0.25) is 5.95 Å². The molecule has 0 saturated carbocycles. The molecule has 0 amide bonds. The van der Waals surface area contributed by atoms with Crippen LogP contribution in [0.2, 0.25) is 5.02 Å². The van der Waals surface area contributed by atoms with Gasteiger partial charge in [0.25, 0.3) is 0 Å². The van der Waals surface area contributed by atoms with Gasteiger partial charge in [-0.25, -0.2) is 9.78 Å². The zero-order valence-electron chi connectivity index (χ0n) is 24.9. The molecule has 220 valence electrons. The summed E-state index contributed by atoms with van der Waals surface area (Å²) in [6.45, 7) is 17.1. The van der Waals surface area contributed by atoms with E-state index in [2.05, 4.69) is 42.9 Å². The third kappa shape index (κ3) is 7.34. The van der Waals surface area contributed by atoms with Gasteiger partial charge in [-0.15, -0.1) is 0 Å². The van der Waals surface area contributed by atoms with E-state index in [0.717, 1.165) is 11.0 Å². The van der Waals surface area contributed by atoms with Crippen LogP contribution in [0.4, 0.5) is 17.5 Å². The van der Waals surface area contributed by atoms with Crippen LogP contribution < -0.4 is 15.9 Å². The molecule has 0 aliphatic carbocycles. The fraction of sp³-hybridized carbons (Fsp3) is 0.621. The molecule has 0 bridgehead atoms. The molecule has 2 aromatic heterocycles. The topological polar surface area (TPSA) is 118 Å². The van der Waals surface area contributed by atoms with Crippen molar-refractivity contribution >= 4 is 40.1 Å². The van der Waals surface area contributed by atoms with Crippen LogP contribution in [-0.2, 0) is 17.8 Å². The first-order valence-electron chi connectivity index (χ1n) is 13.8. The summed E-state index contributed by atoms with van der Waals surface area (Å²) in [5, 5.41) is 24.3. The van der Waals surface area contributed by atoms with Crippen molar-refractivity contribution in [3.63, 3.8) is 0 Å². The van der Waals surface area contributed by atoms with E-state index >= 15 is 0 Å². The Kier molecular flexibility index (Phi) is 8.05. The van der Waals surface area contributed by atoms with Gasteiger partial charge < -0.3 is 25.2 Å². The number of hydrogen-bond acceptors (Lipinski definition) is 8. The summed E-state index contributed by atoms with van der Waals surface area (Å²) < 4.78 is 9.56. The number of nitrogens with one attached hydrogen (secondary N) is 1. The minimum Gasteiger partial charge on any atom is -0.390 e. The number of rotatable bonds is 9. The summed E-state index contributed by atoms with van der Waals surface area (Å²) in [4.78, 5) is 24.8. The number of halogens is 1. The minimum absolute atomic E-state index is 0.180. The maximum absolute atomic E-state index is 13.5. The smallest absolute Gasteiger partial charge is 0.329 e. The average molecular weight is 575 g/mol. The van der Waals surface area contributed by atoms with Crippen molar-refractivity contribution in [3.8, 4) is 0 Å². The highest BCUT2D eigenvalue weighted by molar-refractivity contribution is 6.32. The molecule has 4 rings (SSSR count). The number of ether oxygens (including phenoxy) is 1. The second-order valence-electron chi connectivity index (χ2n) is 13.4. The molecule has 3 N–H and O–H groups in total. The first-order valence-corrected chi connectivity index (χ1v) is 14.1. The summed E-state index contributed by atoms with van der Waals surface area (Å²) in [5.74, 6) is 1.01. The van der Waals surface area contributed by atoms with Crippen molar-refractivity contribution < 1.29 is 14.9 Å². The number of benzene rings is 1. The van der Waals surface area contributed by atoms with E-state index in [1.165, 1.54) is 0 Å². The summed E-state index contributed by atoms with van der Waals surface area (Å²) in [6, 6.07) is 5.65. The fourth-order valence-electron chi connectivity index (χ4n) is 5.26. The second-order valence-corrected chi connectivity index (χ2v) is 13.8. The molecule has 0 atom stereocenters. The van der Waals surface area contributed by atoms with Gasteiger partial charge in [-0.1, -0.05) is 11.6 Å². The van der Waals surface area contributed by atoms with E-state index in [1.54, 1.807) is 43.0 Å². The lowest BCUT2D eigenvalue weighted by Crippen LogP contribution is -2.57.